The van der Waals surface area contributed by atoms with Crippen LogP contribution >= 0.6 is 23.1 Å². The van der Waals surface area contributed by atoms with E-state index >= 15 is 0 Å². The lowest BCUT2D eigenvalue weighted by molar-refractivity contribution is -0.115. The lowest BCUT2D eigenvalue weighted by Gasteiger charge is -2.13. The van der Waals surface area contributed by atoms with Gasteiger partial charge in [0, 0.05) is 6.04 Å². The molecule has 1 saturated carbocycles. The van der Waals surface area contributed by atoms with Gasteiger partial charge in [-0.25, -0.2) is 4.39 Å². The third-order valence-corrected chi connectivity index (χ3v) is 6.25. The molecule has 1 aromatic carbocycles. The van der Waals surface area contributed by atoms with Gasteiger partial charge in [-0.05, 0) is 43.3 Å². The lowest BCUT2D eigenvalue weighted by Crippen LogP contribution is -2.22. The molecule has 0 bridgehead atoms. The minimum atomic E-state index is -0.455. The van der Waals surface area contributed by atoms with Crippen LogP contribution in [0.25, 0.3) is 11.4 Å². The third kappa shape index (κ3) is 3.66. The number of carbonyl (C=O) groups excluding carboxylic acids is 1. The van der Waals surface area contributed by atoms with Gasteiger partial charge in [-0.1, -0.05) is 23.9 Å². The number of hydrogen-bond acceptors (Lipinski definition) is 6. The van der Waals surface area contributed by atoms with E-state index in [1.165, 1.54) is 29.2 Å². The van der Waals surface area contributed by atoms with Crippen LogP contribution in [-0.2, 0) is 4.79 Å². The van der Waals surface area contributed by atoms with Gasteiger partial charge in [0.15, 0.2) is 11.0 Å². The number of amides is 1. The second-order valence-corrected chi connectivity index (χ2v) is 8.64. The summed E-state index contributed by atoms with van der Waals surface area (Å²) in [5, 5.41) is 22.7. The van der Waals surface area contributed by atoms with Gasteiger partial charge >= 0.3 is 0 Å². The summed E-state index contributed by atoms with van der Waals surface area (Å²) in [6, 6.07) is 10.4. The minimum absolute atomic E-state index is 0.221. The fourth-order valence-corrected chi connectivity index (χ4v) is 4.42. The molecule has 0 radical (unpaired) electrons. The van der Waals surface area contributed by atoms with Gasteiger partial charge < -0.3 is 5.32 Å². The minimum Gasteiger partial charge on any atom is -0.316 e. The smallest absolute Gasteiger partial charge is 0.238 e. The van der Waals surface area contributed by atoms with Crippen LogP contribution in [0.15, 0.2) is 40.9 Å². The molecule has 2 heterocycles. The first-order valence-electron chi connectivity index (χ1n) is 8.73. The van der Waals surface area contributed by atoms with Crippen molar-refractivity contribution >= 4 is 34.0 Å². The van der Waals surface area contributed by atoms with Crippen molar-refractivity contribution in [2.75, 3.05) is 5.32 Å². The second-order valence-electron chi connectivity index (χ2n) is 6.41. The number of carbonyl (C=O) groups is 1. The number of aromatic nitrogens is 3. The summed E-state index contributed by atoms with van der Waals surface area (Å²) >= 11 is 2.59. The molecule has 1 atom stereocenters. The van der Waals surface area contributed by atoms with E-state index in [9.17, 15) is 9.18 Å². The Kier molecular flexibility index (Phi) is 5.15. The molecule has 1 fully saturated rings. The Bertz CT molecular complexity index is 1070. The number of thioether (sulfide) groups is 1. The fourth-order valence-electron chi connectivity index (χ4n) is 2.76. The van der Waals surface area contributed by atoms with Crippen LogP contribution in [-0.4, -0.2) is 25.9 Å². The van der Waals surface area contributed by atoms with Crippen molar-refractivity contribution in [3.8, 4) is 17.5 Å². The molecule has 3 aromatic rings. The fraction of sp³-hybridized carbons (Fsp3) is 0.263. The van der Waals surface area contributed by atoms with Gasteiger partial charge in [-0.15, -0.1) is 21.5 Å². The van der Waals surface area contributed by atoms with Gasteiger partial charge in [0.05, 0.1) is 16.4 Å². The number of benzene rings is 1. The molecule has 4 rings (SSSR count). The van der Waals surface area contributed by atoms with Gasteiger partial charge in [0.1, 0.15) is 16.9 Å². The molecule has 142 valence electrons. The van der Waals surface area contributed by atoms with Crippen LogP contribution < -0.4 is 5.32 Å². The second kappa shape index (κ2) is 7.73. The van der Waals surface area contributed by atoms with Crippen molar-refractivity contribution in [3.63, 3.8) is 0 Å². The average molecular weight is 414 g/mol. The zero-order chi connectivity index (χ0) is 19.7. The molecule has 1 N–H and O–H groups in total. The summed E-state index contributed by atoms with van der Waals surface area (Å²) in [5.41, 5.74) is 0.849. The summed E-state index contributed by atoms with van der Waals surface area (Å²) in [6.45, 7) is 1.77. The first kappa shape index (κ1) is 18.7. The third-order valence-electron chi connectivity index (χ3n) is 4.37. The highest BCUT2D eigenvalue weighted by Crippen LogP contribution is 2.42. The van der Waals surface area contributed by atoms with E-state index in [1.54, 1.807) is 36.6 Å². The quantitative estimate of drug-likeness (QED) is 0.603. The van der Waals surface area contributed by atoms with Crippen LogP contribution in [0.4, 0.5) is 9.39 Å². The zero-order valence-corrected chi connectivity index (χ0v) is 16.6. The van der Waals surface area contributed by atoms with Crippen LogP contribution in [0.1, 0.15) is 31.4 Å². The van der Waals surface area contributed by atoms with Crippen LogP contribution in [0.3, 0.4) is 0 Å². The Morgan fingerprint density at radius 2 is 2.18 bits per heavy atom. The van der Waals surface area contributed by atoms with Crippen molar-refractivity contribution in [1.29, 1.82) is 5.26 Å². The van der Waals surface area contributed by atoms with E-state index in [0.29, 0.717) is 27.1 Å². The van der Waals surface area contributed by atoms with Gasteiger partial charge in [-0.3, -0.25) is 9.36 Å². The number of halogens is 1. The molecular formula is C19H16FN5OS2. The summed E-state index contributed by atoms with van der Waals surface area (Å²) in [4.78, 5) is 12.6. The molecule has 0 aliphatic heterocycles. The summed E-state index contributed by atoms with van der Waals surface area (Å²) in [7, 11) is 0. The zero-order valence-electron chi connectivity index (χ0n) is 14.9. The van der Waals surface area contributed by atoms with Gasteiger partial charge in [-0.2, -0.15) is 5.26 Å². The maximum atomic E-state index is 14.2. The highest BCUT2D eigenvalue weighted by molar-refractivity contribution is 8.00. The molecule has 0 unspecified atom stereocenters. The first-order chi connectivity index (χ1) is 13.6. The Morgan fingerprint density at radius 3 is 2.89 bits per heavy atom. The highest BCUT2D eigenvalue weighted by atomic mass is 32.2. The molecule has 2 aromatic heterocycles. The number of hydrogen-bond donors (Lipinski definition) is 1. The average Bonchev–Trinajstić information content (AvgIpc) is 3.29. The molecule has 1 aliphatic carbocycles. The molecule has 0 saturated heterocycles. The topological polar surface area (TPSA) is 83.6 Å². The molecule has 28 heavy (non-hydrogen) atoms. The highest BCUT2D eigenvalue weighted by Gasteiger charge is 2.32. The Hall–Kier alpha value is -2.70. The van der Waals surface area contributed by atoms with Crippen LogP contribution in [0.5, 0.6) is 0 Å². The number of thiophene rings is 1. The molecule has 1 aliphatic rings. The van der Waals surface area contributed by atoms with Crippen molar-refractivity contribution in [1.82, 2.24) is 14.8 Å². The van der Waals surface area contributed by atoms with Crippen LogP contribution in [0, 0.1) is 17.1 Å². The standard InChI is InChI=1S/C19H16FN5OS2/c1-11(17(26)22-18-12(10-21)8-9-27-18)28-19-24-23-16(25(19)13-6-7-13)14-4-2-3-5-15(14)20/h2-5,8-9,11,13H,6-7H2,1H3,(H,22,26)/t11-/m0/s1. The number of nitriles is 1. The molecule has 6 nitrogen and oxygen atoms in total. The Balaban J connectivity index is 1.56. The lowest BCUT2D eigenvalue weighted by atomic mass is 10.2. The van der Waals surface area contributed by atoms with E-state index in [4.69, 9.17) is 5.26 Å². The summed E-state index contributed by atoms with van der Waals surface area (Å²) < 4.78 is 16.2. The Labute approximate surface area is 169 Å². The number of anilines is 1. The van der Waals surface area contributed by atoms with Crippen molar-refractivity contribution in [2.45, 2.75) is 36.2 Å². The molecule has 1 amide bonds. The predicted molar refractivity (Wildman–Crippen MR) is 107 cm³/mol. The predicted octanol–water partition coefficient (Wildman–Crippen LogP) is 4.47. The van der Waals surface area contributed by atoms with Gasteiger partial charge in [0.25, 0.3) is 0 Å². The van der Waals surface area contributed by atoms with E-state index in [1.807, 2.05) is 4.57 Å². The summed E-state index contributed by atoms with van der Waals surface area (Å²) in [6.07, 6.45) is 1.96. The van der Waals surface area contributed by atoms with E-state index in [-0.39, 0.29) is 17.8 Å². The molecular weight excluding hydrogens is 397 g/mol. The van der Waals surface area contributed by atoms with E-state index in [0.717, 1.165) is 12.8 Å². The van der Waals surface area contributed by atoms with Crippen LogP contribution in [0.2, 0.25) is 0 Å². The maximum absolute atomic E-state index is 14.2. The van der Waals surface area contributed by atoms with Crippen molar-refractivity contribution < 1.29 is 9.18 Å². The number of nitrogens with zero attached hydrogens (tertiary/aromatic N) is 4. The molecule has 9 heteroatoms. The first-order valence-corrected chi connectivity index (χ1v) is 10.5. The number of nitrogens with one attached hydrogen (secondary N) is 1. The van der Waals surface area contributed by atoms with E-state index < -0.39 is 5.25 Å². The van der Waals surface area contributed by atoms with Crippen molar-refractivity contribution in [3.05, 3.63) is 47.1 Å². The SMILES string of the molecule is C[C@H](Sc1nnc(-c2ccccc2F)n1C1CC1)C(=O)Nc1sccc1C#N. The van der Waals surface area contributed by atoms with E-state index in [2.05, 4.69) is 21.6 Å². The number of rotatable bonds is 6. The maximum Gasteiger partial charge on any atom is 0.238 e. The van der Waals surface area contributed by atoms with Crippen molar-refractivity contribution in [2.24, 2.45) is 0 Å². The van der Waals surface area contributed by atoms with Gasteiger partial charge in [0.2, 0.25) is 5.91 Å². The molecule has 0 spiro atoms. The monoisotopic (exact) mass is 413 g/mol. The summed E-state index contributed by atoms with van der Waals surface area (Å²) in [5.74, 6) is -0.0802. The largest absolute Gasteiger partial charge is 0.316 e. The normalized spacial score (nSPS) is 14.5. The Morgan fingerprint density at radius 1 is 1.39 bits per heavy atom.